The van der Waals surface area contributed by atoms with Crippen LogP contribution >= 0.6 is 0 Å². The van der Waals surface area contributed by atoms with Crippen LogP contribution in [0.4, 0.5) is 5.69 Å². The van der Waals surface area contributed by atoms with Crippen LogP contribution in [0, 0.1) is 0 Å². The molecule has 0 aliphatic carbocycles. The van der Waals surface area contributed by atoms with Gasteiger partial charge in [-0.1, -0.05) is 6.07 Å². The van der Waals surface area contributed by atoms with Crippen LogP contribution in [0.25, 0.3) is 0 Å². The molecular weight excluding hydrogens is 298 g/mol. The summed E-state index contributed by atoms with van der Waals surface area (Å²) in [6.45, 7) is 2.49. The Morgan fingerprint density at radius 3 is 2.65 bits per heavy atom. The van der Waals surface area contributed by atoms with E-state index in [1.165, 1.54) is 7.05 Å². The van der Waals surface area contributed by atoms with E-state index in [2.05, 4.69) is 10.6 Å². The summed E-state index contributed by atoms with van der Waals surface area (Å²) in [7, 11) is 1.49. The summed E-state index contributed by atoms with van der Waals surface area (Å²) >= 11 is 0. The molecule has 1 atom stereocenters. The number of carbonyl (C=O) groups is 4. The number of hydrogen-bond donors (Lipinski definition) is 2. The summed E-state index contributed by atoms with van der Waals surface area (Å²) in [5.41, 5.74) is 1.13. The fourth-order valence-corrected chi connectivity index (χ4v) is 2.60. The van der Waals surface area contributed by atoms with Crippen molar-refractivity contribution in [3.05, 3.63) is 29.3 Å². The fourth-order valence-electron chi connectivity index (χ4n) is 2.60. The molecule has 1 aliphatic heterocycles. The molecular formula is C16H19N3O4. The number of benzene rings is 1. The van der Waals surface area contributed by atoms with Crippen LogP contribution in [-0.4, -0.2) is 48.5 Å². The van der Waals surface area contributed by atoms with Crippen LogP contribution in [0.2, 0.25) is 0 Å². The molecule has 0 spiro atoms. The third-order valence-electron chi connectivity index (χ3n) is 3.75. The number of anilines is 1. The molecule has 1 heterocycles. The molecule has 1 aliphatic rings. The van der Waals surface area contributed by atoms with E-state index in [1.54, 1.807) is 18.2 Å². The molecule has 1 aromatic rings. The number of aldehydes is 1. The minimum absolute atomic E-state index is 0.0629. The maximum Gasteiger partial charge on any atom is 0.264 e. The molecule has 2 rings (SSSR count). The summed E-state index contributed by atoms with van der Waals surface area (Å²) in [6, 6.07) is 4.02. The first-order valence-electron chi connectivity index (χ1n) is 7.45. The second kappa shape index (κ2) is 7.04. The number of imide groups is 1. The maximum absolute atomic E-state index is 12.6. The molecule has 122 valence electrons. The molecule has 0 fully saturated rings. The molecule has 0 saturated carbocycles. The molecule has 23 heavy (non-hydrogen) atoms. The highest BCUT2D eigenvalue weighted by molar-refractivity contribution is 6.24. The van der Waals surface area contributed by atoms with Crippen molar-refractivity contribution in [3.8, 4) is 0 Å². The van der Waals surface area contributed by atoms with Gasteiger partial charge in [-0.3, -0.25) is 19.3 Å². The van der Waals surface area contributed by atoms with Crippen LogP contribution in [0.3, 0.4) is 0 Å². The number of nitrogens with one attached hydrogen (secondary N) is 2. The van der Waals surface area contributed by atoms with Crippen molar-refractivity contribution in [3.63, 3.8) is 0 Å². The van der Waals surface area contributed by atoms with Gasteiger partial charge in [0, 0.05) is 25.7 Å². The van der Waals surface area contributed by atoms with Crippen molar-refractivity contribution in [2.24, 2.45) is 0 Å². The standard InChI is InChI=1S/C16H19N3O4/c1-3-18-12-6-4-5-11-14(12)16(23)19(15(11)22)10(9-20)7-8-13(21)17-2/h4-6,9-10,18H,3,7-8H2,1-2H3,(H,17,21). The van der Waals surface area contributed by atoms with E-state index in [4.69, 9.17) is 0 Å². The van der Waals surface area contributed by atoms with Gasteiger partial charge in [-0.05, 0) is 25.5 Å². The predicted octanol–water partition coefficient (Wildman–Crippen LogP) is 0.808. The van der Waals surface area contributed by atoms with Gasteiger partial charge in [0.25, 0.3) is 11.8 Å². The lowest BCUT2D eigenvalue weighted by atomic mass is 10.1. The van der Waals surface area contributed by atoms with Gasteiger partial charge in [0.05, 0.1) is 17.2 Å². The average molecular weight is 317 g/mol. The van der Waals surface area contributed by atoms with Gasteiger partial charge in [0.1, 0.15) is 6.29 Å². The second-order valence-corrected chi connectivity index (χ2v) is 5.15. The Balaban J connectivity index is 2.30. The SMILES string of the molecule is CCNc1cccc2c1C(=O)N(C(C=O)CCC(=O)NC)C2=O. The minimum Gasteiger partial charge on any atom is -0.385 e. The molecule has 7 nitrogen and oxygen atoms in total. The highest BCUT2D eigenvalue weighted by Gasteiger charge is 2.41. The summed E-state index contributed by atoms with van der Waals surface area (Å²) < 4.78 is 0. The van der Waals surface area contributed by atoms with Crippen molar-refractivity contribution in [2.45, 2.75) is 25.8 Å². The Kier molecular flexibility index (Phi) is 5.10. The van der Waals surface area contributed by atoms with Crippen molar-refractivity contribution >= 4 is 29.7 Å². The van der Waals surface area contributed by atoms with Crippen LogP contribution < -0.4 is 10.6 Å². The van der Waals surface area contributed by atoms with Crippen molar-refractivity contribution in [1.82, 2.24) is 10.2 Å². The maximum atomic E-state index is 12.6. The quantitative estimate of drug-likeness (QED) is 0.573. The third-order valence-corrected chi connectivity index (χ3v) is 3.75. The largest absolute Gasteiger partial charge is 0.385 e. The summed E-state index contributed by atoms with van der Waals surface area (Å²) in [5.74, 6) is -1.25. The summed E-state index contributed by atoms with van der Waals surface area (Å²) in [4.78, 5) is 48.8. The van der Waals surface area contributed by atoms with Crippen LogP contribution in [0.5, 0.6) is 0 Å². The van der Waals surface area contributed by atoms with Gasteiger partial charge < -0.3 is 15.4 Å². The van der Waals surface area contributed by atoms with Gasteiger partial charge in [0.15, 0.2) is 0 Å². The monoisotopic (exact) mass is 317 g/mol. The highest BCUT2D eigenvalue weighted by Crippen LogP contribution is 2.31. The van der Waals surface area contributed by atoms with Crippen LogP contribution in [0.1, 0.15) is 40.5 Å². The number of amides is 3. The van der Waals surface area contributed by atoms with Crippen LogP contribution in [0.15, 0.2) is 18.2 Å². The van der Waals surface area contributed by atoms with E-state index in [0.717, 1.165) is 4.90 Å². The van der Waals surface area contributed by atoms with Crippen molar-refractivity contribution < 1.29 is 19.2 Å². The first-order chi connectivity index (χ1) is 11.0. The molecule has 3 amide bonds. The zero-order chi connectivity index (χ0) is 17.0. The number of hydrogen-bond acceptors (Lipinski definition) is 5. The lowest BCUT2D eigenvalue weighted by Crippen LogP contribution is -2.41. The first kappa shape index (κ1) is 16.7. The smallest absolute Gasteiger partial charge is 0.264 e. The van der Waals surface area contributed by atoms with E-state index < -0.39 is 17.9 Å². The first-order valence-corrected chi connectivity index (χ1v) is 7.45. The van der Waals surface area contributed by atoms with E-state index in [9.17, 15) is 19.2 Å². The summed E-state index contributed by atoms with van der Waals surface area (Å²) in [5, 5.41) is 5.49. The molecule has 0 saturated heterocycles. The molecule has 0 bridgehead atoms. The van der Waals surface area contributed by atoms with E-state index in [0.29, 0.717) is 18.5 Å². The molecule has 7 heteroatoms. The average Bonchev–Trinajstić information content (AvgIpc) is 2.81. The normalized spacial score (nSPS) is 14.4. The Morgan fingerprint density at radius 1 is 1.30 bits per heavy atom. The Bertz CT molecular complexity index is 657. The molecule has 1 aromatic carbocycles. The molecule has 0 aromatic heterocycles. The van der Waals surface area contributed by atoms with Gasteiger partial charge >= 0.3 is 0 Å². The zero-order valence-electron chi connectivity index (χ0n) is 13.1. The number of carbonyl (C=O) groups excluding carboxylic acids is 4. The Morgan fingerprint density at radius 2 is 2.04 bits per heavy atom. The van der Waals surface area contributed by atoms with Gasteiger partial charge in [0.2, 0.25) is 5.91 Å². The Labute approximate surface area is 134 Å². The number of fused-ring (bicyclic) bond motifs is 1. The van der Waals surface area contributed by atoms with E-state index in [-0.39, 0.29) is 29.9 Å². The van der Waals surface area contributed by atoms with Crippen molar-refractivity contribution in [1.29, 1.82) is 0 Å². The lowest BCUT2D eigenvalue weighted by Gasteiger charge is -2.21. The zero-order valence-corrected chi connectivity index (χ0v) is 13.1. The summed E-state index contributed by atoms with van der Waals surface area (Å²) in [6.07, 6.45) is 0.704. The number of rotatable bonds is 7. The topological polar surface area (TPSA) is 95.6 Å². The van der Waals surface area contributed by atoms with Gasteiger partial charge in [-0.2, -0.15) is 0 Å². The lowest BCUT2D eigenvalue weighted by molar-refractivity contribution is -0.121. The second-order valence-electron chi connectivity index (χ2n) is 5.15. The van der Waals surface area contributed by atoms with E-state index >= 15 is 0 Å². The Hall–Kier alpha value is -2.70. The molecule has 0 radical (unpaired) electrons. The van der Waals surface area contributed by atoms with Crippen LogP contribution in [-0.2, 0) is 9.59 Å². The van der Waals surface area contributed by atoms with Gasteiger partial charge in [-0.25, -0.2) is 0 Å². The fraction of sp³-hybridized carbons (Fsp3) is 0.375. The molecule has 2 N–H and O–H groups in total. The molecule has 1 unspecified atom stereocenters. The van der Waals surface area contributed by atoms with Crippen molar-refractivity contribution in [2.75, 3.05) is 18.9 Å². The predicted molar refractivity (Wildman–Crippen MR) is 84.3 cm³/mol. The minimum atomic E-state index is -0.950. The number of nitrogens with zero attached hydrogens (tertiary/aromatic N) is 1. The third kappa shape index (κ3) is 3.08. The highest BCUT2D eigenvalue weighted by atomic mass is 16.2. The van der Waals surface area contributed by atoms with E-state index in [1.807, 2.05) is 6.92 Å². The van der Waals surface area contributed by atoms with Gasteiger partial charge in [-0.15, -0.1) is 0 Å².